The van der Waals surface area contributed by atoms with E-state index in [0.717, 1.165) is 14.7 Å². The van der Waals surface area contributed by atoms with Crippen LogP contribution < -0.4 is 5.32 Å². The Morgan fingerprint density at radius 3 is 2.21 bits per heavy atom. The molecule has 19 heavy (non-hydrogen) atoms. The summed E-state index contributed by atoms with van der Waals surface area (Å²) in [4.78, 5) is 23.2. The van der Waals surface area contributed by atoms with Crippen LogP contribution in [0.15, 0.2) is 36.4 Å². The lowest BCUT2D eigenvalue weighted by Crippen LogP contribution is -2.20. The number of halogens is 2. The number of imide groups is 1. The second-order valence-electron chi connectivity index (χ2n) is 4.14. The zero-order chi connectivity index (χ0) is 13.6. The minimum absolute atomic E-state index is 0.266. The summed E-state index contributed by atoms with van der Waals surface area (Å²) in [6.07, 6.45) is 0. The van der Waals surface area contributed by atoms with Gasteiger partial charge >= 0.3 is 0 Å². The molecule has 0 fully saturated rings. The summed E-state index contributed by atoms with van der Waals surface area (Å²) in [5.41, 5.74) is 2.27. The molecule has 3 rings (SSSR count). The van der Waals surface area contributed by atoms with E-state index in [0.29, 0.717) is 10.6 Å². The molecule has 1 heterocycles. The number of amides is 2. The van der Waals surface area contributed by atoms with E-state index in [1.807, 2.05) is 24.3 Å². The van der Waals surface area contributed by atoms with Crippen LogP contribution in [0.1, 0.15) is 20.7 Å². The molecule has 0 bridgehead atoms. The van der Waals surface area contributed by atoms with E-state index in [2.05, 4.69) is 27.9 Å². The first-order chi connectivity index (χ1) is 9.08. The molecule has 1 aliphatic rings. The van der Waals surface area contributed by atoms with Crippen LogP contribution in [0, 0.1) is 3.57 Å². The fraction of sp³-hybridized carbons (Fsp3) is 0. The van der Waals surface area contributed by atoms with Gasteiger partial charge in [-0.05, 0) is 46.4 Å². The molecule has 0 aromatic heterocycles. The summed E-state index contributed by atoms with van der Waals surface area (Å²) in [6, 6.07) is 11.2. The molecular formula is C14H7ClINO2. The van der Waals surface area contributed by atoms with Crippen molar-refractivity contribution in [3.8, 4) is 11.1 Å². The lowest BCUT2D eigenvalue weighted by Gasteiger charge is -2.07. The van der Waals surface area contributed by atoms with Crippen LogP contribution in [0.4, 0.5) is 0 Å². The van der Waals surface area contributed by atoms with E-state index in [9.17, 15) is 9.59 Å². The van der Waals surface area contributed by atoms with Crippen molar-refractivity contribution in [3.63, 3.8) is 0 Å². The Morgan fingerprint density at radius 2 is 1.53 bits per heavy atom. The van der Waals surface area contributed by atoms with Crippen LogP contribution in [0.2, 0.25) is 5.02 Å². The molecule has 0 aliphatic carbocycles. The number of carbonyl (C=O) groups excluding carboxylic acids is 2. The van der Waals surface area contributed by atoms with Crippen molar-refractivity contribution >= 4 is 46.0 Å². The highest BCUT2D eigenvalue weighted by atomic mass is 127. The Labute approximate surface area is 128 Å². The van der Waals surface area contributed by atoms with Gasteiger partial charge in [-0.15, -0.1) is 0 Å². The minimum atomic E-state index is -0.433. The second kappa shape index (κ2) is 4.61. The van der Waals surface area contributed by atoms with Crippen LogP contribution in [0.3, 0.4) is 0 Å². The van der Waals surface area contributed by atoms with Gasteiger partial charge < -0.3 is 0 Å². The van der Waals surface area contributed by atoms with E-state index >= 15 is 0 Å². The number of hydrogen-bond acceptors (Lipinski definition) is 2. The average molecular weight is 384 g/mol. The van der Waals surface area contributed by atoms with E-state index in [4.69, 9.17) is 11.6 Å². The van der Waals surface area contributed by atoms with Gasteiger partial charge in [-0.1, -0.05) is 29.8 Å². The Balaban J connectivity index is 2.20. The number of nitrogens with one attached hydrogen (secondary N) is 1. The van der Waals surface area contributed by atoms with Crippen LogP contribution in [-0.4, -0.2) is 11.8 Å². The van der Waals surface area contributed by atoms with Gasteiger partial charge in [0.25, 0.3) is 11.8 Å². The molecule has 2 aromatic carbocycles. The van der Waals surface area contributed by atoms with Gasteiger partial charge in [0.05, 0.1) is 16.1 Å². The molecule has 0 spiro atoms. The predicted octanol–water partition coefficient (Wildman–Crippen LogP) is 3.50. The highest BCUT2D eigenvalue weighted by Gasteiger charge is 2.30. The van der Waals surface area contributed by atoms with Gasteiger partial charge in [0, 0.05) is 9.13 Å². The maximum atomic E-state index is 11.7. The van der Waals surface area contributed by atoms with Crippen LogP contribution in [-0.2, 0) is 0 Å². The van der Waals surface area contributed by atoms with Gasteiger partial charge in [-0.25, -0.2) is 0 Å². The summed E-state index contributed by atoms with van der Waals surface area (Å²) in [6.45, 7) is 0. The van der Waals surface area contributed by atoms with Crippen LogP contribution in [0.25, 0.3) is 11.1 Å². The van der Waals surface area contributed by atoms with Gasteiger partial charge in [-0.3, -0.25) is 14.9 Å². The monoisotopic (exact) mass is 383 g/mol. The van der Waals surface area contributed by atoms with Crippen LogP contribution in [0.5, 0.6) is 0 Å². The van der Waals surface area contributed by atoms with Gasteiger partial charge in [0.15, 0.2) is 0 Å². The number of benzene rings is 2. The third-order valence-corrected chi connectivity index (χ3v) is 4.11. The first-order valence-corrected chi connectivity index (χ1v) is 6.97. The summed E-state index contributed by atoms with van der Waals surface area (Å²) in [5, 5.41) is 2.57. The van der Waals surface area contributed by atoms with Crippen molar-refractivity contribution in [2.24, 2.45) is 0 Å². The topological polar surface area (TPSA) is 46.2 Å². The fourth-order valence-corrected chi connectivity index (χ4v) is 2.79. The Kier molecular flexibility index (Phi) is 3.06. The molecule has 0 saturated heterocycles. The van der Waals surface area contributed by atoms with Crippen molar-refractivity contribution < 1.29 is 9.59 Å². The number of hydrogen-bond donors (Lipinski definition) is 1. The van der Waals surface area contributed by atoms with Crippen molar-refractivity contribution in [1.82, 2.24) is 5.32 Å². The second-order valence-corrected chi connectivity index (χ2v) is 5.76. The third-order valence-electron chi connectivity index (χ3n) is 3.00. The maximum absolute atomic E-state index is 11.7. The molecule has 0 atom stereocenters. The molecule has 1 N–H and O–H groups in total. The standard InChI is InChI=1S/C14H7ClINO2/c15-12-9(7-1-3-8(16)4-2-7)5-6-10-11(12)14(19)17-13(10)18/h1-6H,(H,17,18,19). The molecule has 2 amide bonds. The molecular weight excluding hydrogens is 377 g/mol. The molecule has 5 heteroatoms. The molecule has 3 nitrogen and oxygen atoms in total. The Bertz CT molecular complexity index is 710. The van der Waals surface area contributed by atoms with E-state index in [-0.39, 0.29) is 5.56 Å². The largest absolute Gasteiger partial charge is 0.288 e. The number of rotatable bonds is 1. The zero-order valence-corrected chi connectivity index (χ0v) is 12.4. The SMILES string of the molecule is O=C1NC(=O)c2c1ccc(-c1ccc(I)cc1)c2Cl. The highest BCUT2D eigenvalue weighted by molar-refractivity contribution is 14.1. The van der Waals surface area contributed by atoms with Crippen molar-refractivity contribution in [1.29, 1.82) is 0 Å². The zero-order valence-electron chi connectivity index (χ0n) is 9.54. The van der Waals surface area contributed by atoms with Crippen molar-refractivity contribution in [3.05, 3.63) is 56.1 Å². The smallest absolute Gasteiger partial charge is 0.260 e. The predicted molar refractivity (Wildman–Crippen MR) is 81.4 cm³/mol. The van der Waals surface area contributed by atoms with Crippen molar-refractivity contribution in [2.75, 3.05) is 0 Å². The molecule has 0 saturated carbocycles. The molecule has 2 aromatic rings. The fourth-order valence-electron chi connectivity index (χ4n) is 2.07. The average Bonchev–Trinajstić information content (AvgIpc) is 2.67. The number of carbonyl (C=O) groups is 2. The number of fused-ring (bicyclic) bond motifs is 1. The molecule has 94 valence electrons. The Hall–Kier alpha value is -1.40. The van der Waals surface area contributed by atoms with E-state index in [1.165, 1.54) is 0 Å². The highest BCUT2D eigenvalue weighted by Crippen LogP contribution is 2.34. The summed E-state index contributed by atoms with van der Waals surface area (Å²) >= 11 is 8.49. The first-order valence-electron chi connectivity index (χ1n) is 5.52. The Morgan fingerprint density at radius 1 is 0.895 bits per heavy atom. The lowest BCUT2D eigenvalue weighted by molar-refractivity contribution is 0.0879. The summed E-state index contributed by atoms with van der Waals surface area (Å²) in [7, 11) is 0. The summed E-state index contributed by atoms with van der Waals surface area (Å²) in [5.74, 6) is -0.826. The van der Waals surface area contributed by atoms with Gasteiger partial charge in [0.2, 0.25) is 0 Å². The molecule has 0 unspecified atom stereocenters. The van der Waals surface area contributed by atoms with E-state index < -0.39 is 11.8 Å². The maximum Gasteiger partial charge on any atom is 0.260 e. The third kappa shape index (κ3) is 2.04. The first kappa shape index (κ1) is 12.6. The van der Waals surface area contributed by atoms with Gasteiger partial charge in [-0.2, -0.15) is 0 Å². The van der Waals surface area contributed by atoms with E-state index in [1.54, 1.807) is 12.1 Å². The minimum Gasteiger partial charge on any atom is -0.288 e. The lowest BCUT2D eigenvalue weighted by atomic mass is 10.00. The van der Waals surface area contributed by atoms with Crippen molar-refractivity contribution in [2.45, 2.75) is 0 Å². The van der Waals surface area contributed by atoms with Crippen LogP contribution >= 0.6 is 34.2 Å². The molecule has 0 radical (unpaired) electrons. The normalized spacial score (nSPS) is 13.4. The molecule has 1 aliphatic heterocycles. The summed E-state index contributed by atoms with van der Waals surface area (Å²) < 4.78 is 1.12. The quantitative estimate of drug-likeness (QED) is 0.605. The van der Waals surface area contributed by atoms with Gasteiger partial charge in [0.1, 0.15) is 0 Å².